The van der Waals surface area contributed by atoms with Gasteiger partial charge in [0.1, 0.15) is 11.4 Å². The van der Waals surface area contributed by atoms with Crippen LogP contribution in [0.15, 0.2) is 71.3 Å². The molecule has 0 saturated carbocycles. The Kier molecular flexibility index (Phi) is 10.7. The lowest BCUT2D eigenvalue weighted by atomic mass is 9.81. The average Bonchev–Trinajstić information content (AvgIpc) is 2.83. The minimum absolute atomic E-state index is 0.171. The highest BCUT2D eigenvalue weighted by atomic mass is 17.2. The van der Waals surface area contributed by atoms with Gasteiger partial charge in [-0.2, -0.15) is 0 Å². The molecule has 206 valence electrons. The third-order valence-electron chi connectivity index (χ3n) is 7.41. The highest BCUT2D eigenvalue weighted by Crippen LogP contribution is 2.46. The van der Waals surface area contributed by atoms with E-state index >= 15 is 0 Å². The van der Waals surface area contributed by atoms with E-state index in [0.717, 1.165) is 61.8 Å². The van der Waals surface area contributed by atoms with Gasteiger partial charge in [0.15, 0.2) is 11.5 Å². The molecule has 0 aliphatic carbocycles. The summed E-state index contributed by atoms with van der Waals surface area (Å²) >= 11 is 0. The first-order valence-corrected chi connectivity index (χ1v) is 14.2. The zero-order valence-corrected chi connectivity index (χ0v) is 24.9. The molecule has 3 heteroatoms. The zero-order chi connectivity index (χ0) is 27.7. The maximum atomic E-state index is 6.66. The summed E-state index contributed by atoms with van der Waals surface area (Å²) in [6.07, 6.45) is 14.7. The van der Waals surface area contributed by atoms with E-state index in [4.69, 9.17) is 14.5 Å². The summed E-state index contributed by atoms with van der Waals surface area (Å²) in [5.74, 6) is 2.80. The van der Waals surface area contributed by atoms with Gasteiger partial charge in [-0.15, -0.1) is 0 Å². The van der Waals surface area contributed by atoms with E-state index in [1.807, 2.05) is 37.3 Å². The van der Waals surface area contributed by atoms with Gasteiger partial charge in [-0.1, -0.05) is 54.0 Å². The molecule has 1 aliphatic heterocycles. The number of rotatable bonds is 12. The Morgan fingerprint density at radius 1 is 0.895 bits per heavy atom. The number of aryl methyl sites for hydroxylation is 2. The number of benzene rings is 2. The molecule has 0 radical (unpaired) electrons. The zero-order valence-electron chi connectivity index (χ0n) is 24.9. The van der Waals surface area contributed by atoms with E-state index in [1.165, 1.54) is 22.3 Å². The van der Waals surface area contributed by atoms with Gasteiger partial charge in [0, 0.05) is 5.56 Å². The van der Waals surface area contributed by atoms with E-state index in [0.29, 0.717) is 17.4 Å². The standard InChI is InChI=1S/C35H48O3/c1-25(2)13-9-14-26(3)15-10-16-27(4)18-12-20-35(8)24-30(7)33-23-32(22-29(6)34(33)36-35)38-37-31-19-11-17-28(5)21-31/h11,13,15,17-19,21-23,30H,9-10,12,14,16,20,24H2,1-8H3. The van der Waals surface area contributed by atoms with Crippen LogP contribution in [0.3, 0.4) is 0 Å². The van der Waals surface area contributed by atoms with Crippen LogP contribution >= 0.6 is 0 Å². The topological polar surface area (TPSA) is 27.7 Å². The molecule has 2 aromatic rings. The van der Waals surface area contributed by atoms with E-state index in [2.05, 4.69) is 72.8 Å². The maximum Gasteiger partial charge on any atom is 0.179 e. The largest absolute Gasteiger partial charge is 0.487 e. The Morgan fingerprint density at radius 2 is 1.55 bits per heavy atom. The summed E-state index contributed by atoms with van der Waals surface area (Å²) in [5, 5.41) is 0. The molecule has 38 heavy (non-hydrogen) atoms. The van der Waals surface area contributed by atoms with Gasteiger partial charge in [0.25, 0.3) is 0 Å². The molecule has 0 bridgehead atoms. The molecule has 3 rings (SSSR count). The summed E-state index contributed by atoms with van der Waals surface area (Å²) < 4.78 is 6.66. The fourth-order valence-electron chi connectivity index (χ4n) is 5.25. The fourth-order valence-corrected chi connectivity index (χ4v) is 5.25. The van der Waals surface area contributed by atoms with Crippen LogP contribution in [0.4, 0.5) is 0 Å². The molecule has 1 heterocycles. The number of hydrogen-bond donors (Lipinski definition) is 0. The van der Waals surface area contributed by atoms with Crippen molar-refractivity contribution in [1.82, 2.24) is 0 Å². The van der Waals surface area contributed by atoms with Crippen molar-refractivity contribution < 1.29 is 14.5 Å². The van der Waals surface area contributed by atoms with E-state index in [9.17, 15) is 0 Å². The SMILES string of the molecule is CC(C)=CCCC(C)=CCCC(C)=CCCC1(C)CC(C)c2cc(OOc3cccc(C)c3)cc(C)c2O1. The first kappa shape index (κ1) is 29.6. The van der Waals surface area contributed by atoms with Crippen LogP contribution in [0.5, 0.6) is 17.2 Å². The average molecular weight is 517 g/mol. The van der Waals surface area contributed by atoms with Crippen molar-refractivity contribution in [2.45, 2.75) is 112 Å². The van der Waals surface area contributed by atoms with Gasteiger partial charge >= 0.3 is 0 Å². The third kappa shape index (κ3) is 9.11. The number of fused-ring (bicyclic) bond motifs is 1. The van der Waals surface area contributed by atoms with E-state index in [-0.39, 0.29) is 5.60 Å². The van der Waals surface area contributed by atoms with Crippen LogP contribution in [0.1, 0.15) is 109 Å². The fraction of sp³-hybridized carbons (Fsp3) is 0.486. The molecule has 3 nitrogen and oxygen atoms in total. The second kappa shape index (κ2) is 13.7. The van der Waals surface area contributed by atoms with Gasteiger partial charge < -0.3 is 4.74 Å². The molecule has 0 spiro atoms. The van der Waals surface area contributed by atoms with E-state index < -0.39 is 0 Å². The molecule has 0 amide bonds. The Morgan fingerprint density at radius 3 is 2.24 bits per heavy atom. The van der Waals surface area contributed by atoms with Crippen LogP contribution in [-0.4, -0.2) is 5.60 Å². The summed E-state index contributed by atoms with van der Waals surface area (Å²) in [6.45, 7) is 17.5. The van der Waals surface area contributed by atoms with Crippen LogP contribution < -0.4 is 14.5 Å². The summed E-state index contributed by atoms with van der Waals surface area (Å²) in [5.41, 5.74) is 7.62. The molecule has 0 aromatic heterocycles. The number of ether oxygens (including phenoxy) is 1. The lowest BCUT2D eigenvalue weighted by Gasteiger charge is -2.40. The van der Waals surface area contributed by atoms with Gasteiger partial charge in [0.05, 0.1) is 0 Å². The van der Waals surface area contributed by atoms with Crippen molar-refractivity contribution in [1.29, 1.82) is 0 Å². The summed E-state index contributed by atoms with van der Waals surface area (Å²) in [7, 11) is 0. The molecule has 0 saturated heterocycles. The molecule has 2 unspecified atom stereocenters. The lowest BCUT2D eigenvalue weighted by Crippen LogP contribution is -2.37. The second-order valence-electron chi connectivity index (χ2n) is 11.8. The third-order valence-corrected chi connectivity index (χ3v) is 7.41. The van der Waals surface area contributed by atoms with Crippen LogP contribution in [0.25, 0.3) is 0 Å². The monoisotopic (exact) mass is 516 g/mol. The van der Waals surface area contributed by atoms with Crippen LogP contribution in [-0.2, 0) is 0 Å². The predicted octanol–water partition coefficient (Wildman–Crippen LogP) is 10.5. The normalized spacial score (nSPS) is 19.4. The highest BCUT2D eigenvalue weighted by Gasteiger charge is 2.36. The molecule has 0 N–H and O–H groups in total. The van der Waals surface area contributed by atoms with Gasteiger partial charge in [-0.25, -0.2) is 0 Å². The Bertz CT molecular complexity index is 1170. The minimum atomic E-state index is -0.171. The predicted molar refractivity (Wildman–Crippen MR) is 160 cm³/mol. The molecular weight excluding hydrogens is 468 g/mol. The van der Waals surface area contributed by atoms with Gasteiger partial charge in [-0.3, -0.25) is 9.78 Å². The molecular formula is C35H48O3. The quantitative estimate of drug-likeness (QED) is 0.159. The summed E-state index contributed by atoms with van der Waals surface area (Å²) in [6, 6.07) is 11.9. The lowest BCUT2D eigenvalue weighted by molar-refractivity contribution is -0.100. The molecule has 0 fully saturated rings. The molecule has 1 aliphatic rings. The van der Waals surface area contributed by atoms with Gasteiger partial charge in [-0.05, 0) is 135 Å². The minimum Gasteiger partial charge on any atom is -0.487 e. The van der Waals surface area contributed by atoms with Gasteiger partial charge in [0.2, 0.25) is 0 Å². The number of allylic oxidation sites excluding steroid dienone is 6. The van der Waals surface area contributed by atoms with Crippen molar-refractivity contribution in [3.8, 4) is 17.2 Å². The second-order valence-corrected chi connectivity index (χ2v) is 11.8. The Labute approximate surface area is 231 Å². The van der Waals surface area contributed by atoms with E-state index in [1.54, 1.807) is 0 Å². The maximum absolute atomic E-state index is 6.66. The smallest absolute Gasteiger partial charge is 0.179 e. The highest BCUT2D eigenvalue weighted by molar-refractivity contribution is 5.50. The van der Waals surface area contributed by atoms with Crippen LogP contribution in [0.2, 0.25) is 0 Å². The summed E-state index contributed by atoms with van der Waals surface area (Å²) in [4.78, 5) is 11.3. The van der Waals surface area contributed by atoms with Crippen molar-refractivity contribution in [2.24, 2.45) is 0 Å². The Hall–Kier alpha value is -2.94. The molecule has 2 aromatic carbocycles. The van der Waals surface area contributed by atoms with Crippen molar-refractivity contribution >= 4 is 0 Å². The van der Waals surface area contributed by atoms with Crippen molar-refractivity contribution in [3.05, 3.63) is 88.0 Å². The van der Waals surface area contributed by atoms with Crippen molar-refractivity contribution in [3.63, 3.8) is 0 Å². The first-order valence-electron chi connectivity index (χ1n) is 14.2. The van der Waals surface area contributed by atoms with Crippen LogP contribution in [0, 0.1) is 13.8 Å². The van der Waals surface area contributed by atoms with Crippen molar-refractivity contribution in [2.75, 3.05) is 0 Å². The molecule has 2 atom stereocenters. The first-order chi connectivity index (χ1) is 18.0. The number of hydrogen-bond acceptors (Lipinski definition) is 3. The Balaban J connectivity index is 1.53.